The summed E-state index contributed by atoms with van der Waals surface area (Å²) >= 11 is 0. The number of aryl methyl sites for hydroxylation is 2. The lowest BCUT2D eigenvalue weighted by Crippen LogP contribution is -2.00. The van der Waals surface area contributed by atoms with E-state index in [1.54, 1.807) is 13.3 Å². The van der Waals surface area contributed by atoms with Crippen molar-refractivity contribution in [1.29, 1.82) is 0 Å². The number of ether oxygens (including phenoxy) is 1. The van der Waals surface area contributed by atoms with E-state index < -0.39 is 0 Å². The van der Waals surface area contributed by atoms with E-state index in [-0.39, 0.29) is 0 Å². The summed E-state index contributed by atoms with van der Waals surface area (Å²) in [6.07, 6.45) is 2.78. The molecule has 0 fully saturated rings. The van der Waals surface area contributed by atoms with E-state index in [0.29, 0.717) is 5.82 Å². The van der Waals surface area contributed by atoms with Crippen LogP contribution >= 0.6 is 0 Å². The van der Waals surface area contributed by atoms with Crippen LogP contribution in [0.4, 0.5) is 5.69 Å². The maximum absolute atomic E-state index is 5.40. The van der Waals surface area contributed by atoms with Gasteiger partial charge in [-0.15, -0.1) is 0 Å². The van der Waals surface area contributed by atoms with Gasteiger partial charge in [0.2, 0.25) is 0 Å². The number of anilines is 1. The molecule has 2 aromatic rings. The standard InChI is InChI=1S/C15H19N3O/c1-5-11-6-7-14(19-4)12(8-11)15-17-9-13(16-3)10(2)18-15/h6-9,16H,5H2,1-4H3. The largest absolute Gasteiger partial charge is 0.496 e. The Bertz CT molecular complexity index is 582. The highest BCUT2D eigenvalue weighted by Gasteiger charge is 2.11. The van der Waals surface area contributed by atoms with Crippen molar-refractivity contribution in [3.05, 3.63) is 35.7 Å². The smallest absolute Gasteiger partial charge is 0.163 e. The van der Waals surface area contributed by atoms with Crippen molar-refractivity contribution in [2.24, 2.45) is 0 Å². The van der Waals surface area contributed by atoms with E-state index in [4.69, 9.17) is 4.74 Å². The van der Waals surface area contributed by atoms with Crippen LogP contribution in [0, 0.1) is 6.92 Å². The van der Waals surface area contributed by atoms with Crippen LogP contribution in [-0.2, 0) is 6.42 Å². The monoisotopic (exact) mass is 257 g/mol. The molecule has 0 bridgehead atoms. The minimum Gasteiger partial charge on any atom is -0.496 e. The number of rotatable bonds is 4. The summed E-state index contributed by atoms with van der Waals surface area (Å²) in [5.74, 6) is 1.50. The van der Waals surface area contributed by atoms with Gasteiger partial charge in [0, 0.05) is 7.05 Å². The third-order valence-corrected chi connectivity index (χ3v) is 3.16. The van der Waals surface area contributed by atoms with E-state index >= 15 is 0 Å². The molecule has 19 heavy (non-hydrogen) atoms. The van der Waals surface area contributed by atoms with Crippen molar-refractivity contribution >= 4 is 5.69 Å². The minimum atomic E-state index is 0.698. The lowest BCUT2D eigenvalue weighted by atomic mass is 10.1. The molecule has 0 spiro atoms. The normalized spacial score (nSPS) is 10.3. The molecule has 0 aliphatic rings. The number of hydrogen-bond donors (Lipinski definition) is 1. The van der Waals surface area contributed by atoms with Crippen LogP contribution in [-0.4, -0.2) is 24.1 Å². The minimum absolute atomic E-state index is 0.698. The van der Waals surface area contributed by atoms with Gasteiger partial charge in [0.05, 0.1) is 30.3 Å². The van der Waals surface area contributed by atoms with E-state index in [9.17, 15) is 0 Å². The fourth-order valence-electron chi connectivity index (χ4n) is 1.99. The van der Waals surface area contributed by atoms with E-state index in [1.165, 1.54) is 5.56 Å². The maximum atomic E-state index is 5.40. The zero-order chi connectivity index (χ0) is 13.8. The average molecular weight is 257 g/mol. The zero-order valence-corrected chi connectivity index (χ0v) is 11.8. The first-order valence-corrected chi connectivity index (χ1v) is 6.38. The summed E-state index contributed by atoms with van der Waals surface area (Å²) in [6, 6.07) is 6.13. The second kappa shape index (κ2) is 5.69. The fraction of sp³-hybridized carbons (Fsp3) is 0.333. The number of nitrogens with zero attached hydrogens (tertiary/aromatic N) is 2. The van der Waals surface area contributed by atoms with Crippen molar-refractivity contribution in [3.8, 4) is 17.1 Å². The lowest BCUT2D eigenvalue weighted by molar-refractivity contribution is 0.416. The molecule has 4 nitrogen and oxygen atoms in total. The fourth-order valence-corrected chi connectivity index (χ4v) is 1.99. The molecule has 2 rings (SSSR count). The molecule has 0 saturated heterocycles. The van der Waals surface area contributed by atoms with Crippen LogP contribution in [0.5, 0.6) is 5.75 Å². The molecule has 0 aliphatic heterocycles. The Morgan fingerprint density at radius 3 is 2.68 bits per heavy atom. The number of aromatic nitrogens is 2. The van der Waals surface area contributed by atoms with Crippen LogP contribution in [0.2, 0.25) is 0 Å². The van der Waals surface area contributed by atoms with Gasteiger partial charge in [-0.3, -0.25) is 0 Å². The quantitative estimate of drug-likeness (QED) is 0.914. The molecule has 0 saturated carbocycles. The van der Waals surface area contributed by atoms with E-state index in [0.717, 1.165) is 29.1 Å². The van der Waals surface area contributed by atoms with Crippen molar-refractivity contribution in [3.63, 3.8) is 0 Å². The molecule has 1 aromatic carbocycles. The van der Waals surface area contributed by atoms with Crippen molar-refractivity contribution in [2.45, 2.75) is 20.3 Å². The molecular formula is C15H19N3O. The molecule has 1 heterocycles. The molecule has 0 amide bonds. The molecule has 0 radical (unpaired) electrons. The van der Waals surface area contributed by atoms with Crippen LogP contribution in [0.3, 0.4) is 0 Å². The van der Waals surface area contributed by atoms with Crippen molar-refractivity contribution in [1.82, 2.24) is 9.97 Å². The Balaban J connectivity index is 2.53. The summed E-state index contributed by atoms with van der Waals surface area (Å²) in [7, 11) is 3.53. The van der Waals surface area contributed by atoms with Crippen molar-refractivity contribution in [2.75, 3.05) is 19.5 Å². The van der Waals surface area contributed by atoms with Gasteiger partial charge in [-0.2, -0.15) is 0 Å². The summed E-state index contributed by atoms with van der Waals surface area (Å²) < 4.78 is 5.40. The van der Waals surface area contributed by atoms with Crippen LogP contribution < -0.4 is 10.1 Å². The first-order valence-electron chi connectivity index (χ1n) is 6.38. The Labute approximate surface area is 113 Å². The van der Waals surface area contributed by atoms with Gasteiger partial charge in [-0.25, -0.2) is 9.97 Å². The summed E-state index contributed by atoms with van der Waals surface area (Å²) in [4.78, 5) is 8.96. The highest BCUT2D eigenvalue weighted by molar-refractivity contribution is 5.66. The third-order valence-electron chi connectivity index (χ3n) is 3.16. The zero-order valence-electron chi connectivity index (χ0n) is 11.8. The summed E-state index contributed by atoms with van der Waals surface area (Å²) in [5.41, 5.74) is 4.05. The molecule has 100 valence electrons. The Morgan fingerprint density at radius 1 is 1.32 bits per heavy atom. The van der Waals surface area contributed by atoms with Gasteiger partial charge >= 0.3 is 0 Å². The second-order valence-corrected chi connectivity index (χ2v) is 4.33. The van der Waals surface area contributed by atoms with Crippen LogP contribution in [0.25, 0.3) is 11.4 Å². The Hall–Kier alpha value is -2.10. The maximum Gasteiger partial charge on any atom is 0.163 e. The lowest BCUT2D eigenvalue weighted by Gasteiger charge is -2.11. The number of benzene rings is 1. The SMILES string of the molecule is CCc1ccc(OC)c(-c2ncc(NC)c(C)n2)c1. The summed E-state index contributed by atoms with van der Waals surface area (Å²) in [5, 5.41) is 3.07. The van der Waals surface area contributed by atoms with Gasteiger partial charge in [-0.05, 0) is 31.0 Å². The van der Waals surface area contributed by atoms with Gasteiger partial charge < -0.3 is 10.1 Å². The first-order chi connectivity index (χ1) is 9.19. The van der Waals surface area contributed by atoms with E-state index in [2.05, 4.69) is 34.3 Å². The predicted octanol–water partition coefficient (Wildman–Crippen LogP) is 3.06. The molecule has 0 atom stereocenters. The highest BCUT2D eigenvalue weighted by Crippen LogP contribution is 2.29. The Morgan fingerprint density at radius 2 is 2.11 bits per heavy atom. The second-order valence-electron chi connectivity index (χ2n) is 4.33. The van der Waals surface area contributed by atoms with Gasteiger partial charge in [0.25, 0.3) is 0 Å². The average Bonchev–Trinajstić information content (AvgIpc) is 2.46. The molecular weight excluding hydrogens is 238 g/mol. The number of hydrogen-bond acceptors (Lipinski definition) is 4. The Kier molecular flexibility index (Phi) is 4.00. The van der Waals surface area contributed by atoms with E-state index in [1.807, 2.05) is 20.0 Å². The predicted molar refractivity (Wildman–Crippen MR) is 77.7 cm³/mol. The first kappa shape index (κ1) is 13.3. The molecule has 1 N–H and O–H groups in total. The number of methoxy groups -OCH3 is 1. The topological polar surface area (TPSA) is 47.0 Å². The third kappa shape index (κ3) is 2.67. The molecule has 0 unspecified atom stereocenters. The molecule has 1 aromatic heterocycles. The summed E-state index contributed by atoms with van der Waals surface area (Å²) in [6.45, 7) is 4.09. The van der Waals surface area contributed by atoms with Gasteiger partial charge in [-0.1, -0.05) is 13.0 Å². The van der Waals surface area contributed by atoms with Crippen LogP contribution in [0.15, 0.2) is 24.4 Å². The number of nitrogens with one attached hydrogen (secondary N) is 1. The molecule has 4 heteroatoms. The van der Waals surface area contributed by atoms with Crippen LogP contribution in [0.1, 0.15) is 18.2 Å². The van der Waals surface area contributed by atoms with Gasteiger partial charge in [0.1, 0.15) is 5.75 Å². The highest BCUT2D eigenvalue weighted by atomic mass is 16.5. The van der Waals surface area contributed by atoms with Crippen molar-refractivity contribution < 1.29 is 4.74 Å². The molecule has 0 aliphatic carbocycles. The van der Waals surface area contributed by atoms with Gasteiger partial charge in [0.15, 0.2) is 5.82 Å².